The van der Waals surface area contributed by atoms with Crippen LogP contribution in [0.3, 0.4) is 0 Å². The van der Waals surface area contributed by atoms with Crippen LogP contribution in [0.5, 0.6) is 0 Å². The molecule has 113 heavy (non-hydrogen) atoms. The number of rotatable bonds is 18. The van der Waals surface area contributed by atoms with Gasteiger partial charge in [0.2, 0.25) is 0 Å². The maximum atomic E-state index is 13.9. The minimum absolute atomic E-state index is 0.0184. The zero-order valence-electron chi connectivity index (χ0n) is 70.1. The molecule has 0 saturated carbocycles. The second kappa shape index (κ2) is 35.2. The molecule has 0 unspecified atom stereocenters. The Morgan fingerprint density at radius 1 is 0.451 bits per heavy atom. The van der Waals surface area contributed by atoms with Crippen LogP contribution in [0.25, 0.3) is 45.0 Å². The summed E-state index contributed by atoms with van der Waals surface area (Å²) < 4.78 is 259. The van der Waals surface area contributed by atoms with E-state index in [9.17, 15) is 56.3 Å². The number of aromatic nitrogens is 8. The number of nitrogens with two attached hydrogens (primary N) is 2. The number of nitrogens with zero attached hydrogens (tertiary/aromatic N) is 10. The molecule has 26 nitrogen and oxygen atoms in total. The van der Waals surface area contributed by atoms with Crippen molar-refractivity contribution in [3.05, 3.63) is 261 Å². The van der Waals surface area contributed by atoms with Crippen LogP contribution in [0, 0.1) is 33.2 Å². The van der Waals surface area contributed by atoms with Crippen molar-refractivity contribution in [2.24, 2.45) is 0 Å². The van der Waals surface area contributed by atoms with Crippen molar-refractivity contribution < 1.29 is 72.8 Å². The first-order valence-corrected chi connectivity index (χ1v) is 40.1. The van der Waals surface area contributed by atoms with E-state index in [-0.39, 0.29) is 120 Å². The van der Waals surface area contributed by atoms with E-state index in [1.165, 1.54) is 134 Å². The van der Waals surface area contributed by atoms with Crippen LogP contribution < -0.4 is 45.5 Å². The highest BCUT2D eigenvalue weighted by molar-refractivity contribution is 7.93. The fourth-order valence-corrected chi connectivity index (χ4v) is 15.3. The Balaban J connectivity index is 0.000000163. The van der Waals surface area contributed by atoms with Gasteiger partial charge in [0.1, 0.15) is 52.4 Å². The number of aliphatic hydroxyl groups is 1. The quantitative estimate of drug-likeness (QED) is 0.0370. The van der Waals surface area contributed by atoms with Gasteiger partial charge in [-0.1, -0.05) is 132 Å². The molecule has 0 aliphatic carbocycles. The number of β-amino-alcohol motifs (C(OH)–C–C–N with tert-alkyl or cyclic N) is 1. The van der Waals surface area contributed by atoms with Crippen LogP contribution >= 0.6 is 34.8 Å². The molecule has 0 radical (unpaired) electrons. The Bertz CT molecular complexity index is 6320. The van der Waals surface area contributed by atoms with Crippen molar-refractivity contribution in [3.8, 4) is 45.0 Å². The van der Waals surface area contributed by atoms with Gasteiger partial charge in [-0.2, -0.15) is 38.4 Å². The summed E-state index contributed by atoms with van der Waals surface area (Å²) in [6, 6.07) is 46.3. The molecule has 2 fully saturated rings. The largest absolute Gasteiger partial charge is 0.418 e. The molecule has 37 heteroatoms. The maximum Gasteiger partial charge on any atom is 0.418 e. The Morgan fingerprint density at radius 2 is 0.858 bits per heavy atom. The minimum Gasteiger partial charge on any atom is -0.389 e. The summed E-state index contributed by atoms with van der Waals surface area (Å²) in [5, 5.41) is 12.2. The molecule has 2 aliphatic rings. The van der Waals surface area contributed by atoms with Crippen LogP contribution in [0.2, 0.25) is 15.1 Å². The number of pyridine rings is 8. The van der Waals surface area contributed by atoms with Gasteiger partial charge in [-0.25, -0.2) is 52.7 Å². The number of alkyl halides is 3. The van der Waals surface area contributed by atoms with E-state index < -0.39 is 103 Å². The molecule has 0 atom stereocenters. The normalized spacial score (nSPS) is 15.2. The van der Waals surface area contributed by atoms with Crippen molar-refractivity contribution in [1.29, 1.82) is 0 Å². The molecule has 586 valence electrons. The second-order valence-corrected chi connectivity index (χ2v) is 32.0. The van der Waals surface area contributed by atoms with E-state index in [0.29, 0.717) is 62.5 Å². The van der Waals surface area contributed by atoms with Gasteiger partial charge in [0.05, 0.1) is 54.4 Å². The van der Waals surface area contributed by atoms with E-state index in [1.807, 2.05) is 4.90 Å². The molecule has 8 aromatic heterocycles. The number of hydrogen-bond donors (Lipinski definition) is 8. The number of nitrogens with one attached hydrogen (secondary N) is 5. The predicted molar refractivity (Wildman–Crippen MR) is 430 cm³/mol. The van der Waals surface area contributed by atoms with Gasteiger partial charge in [0, 0.05) is 90.2 Å². The van der Waals surface area contributed by atoms with Crippen LogP contribution in [-0.2, 0) is 46.3 Å². The predicted octanol–water partition coefficient (Wildman–Crippen LogP) is 13.9. The third-order valence-electron chi connectivity index (χ3n) is 16.2. The number of nitrogen functional groups attached to an aromatic ring is 2. The number of benzene rings is 4. The average molecular weight is 1690 g/mol. The summed E-state index contributed by atoms with van der Waals surface area (Å²) >= 11 is 18.6. The molecule has 12 aromatic rings. The van der Waals surface area contributed by atoms with Gasteiger partial charge >= 0.3 is 6.18 Å². The highest BCUT2D eigenvalue weighted by Crippen LogP contribution is 2.39. The highest BCUT2D eigenvalue weighted by Gasteiger charge is 2.36. The molecule has 14 rings (SSSR count). The molecule has 0 spiro atoms. The SMILES string of the molecule is [2H]C([2H])([2H])c1ccc(F)cc1-c1nc(NS(=O)(=O)c2cccc(N3CC(O)C3)n2)ccc1Cl.[2H]C([2H])([2H])c1ccccc1-c1nc(NS(=O)(=O)c2cccc(N)n2)ccc1Cl.[2H]C([2H])([2H])c1ccccc1-c1nc(NS(=O)(=O)c2cccc(N3CCNCC3)n2)ccc1C(F)(F)F.[2H]C([2H])([2H])c1ccccc1-c1nc(NS(=O)(=O)c2ccnc(N)c2)ccc1Cl. The lowest BCUT2D eigenvalue weighted by Gasteiger charge is -2.36. The Labute approximate surface area is 680 Å². The zero-order chi connectivity index (χ0) is 91.2. The van der Waals surface area contributed by atoms with Crippen molar-refractivity contribution >= 4 is 121 Å². The lowest BCUT2D eigenvalue weighted by molar-refractivity contribution is -0.137. The molecule has 2 saturated heterocycles. The van der Waals surface area contributed by atoms with Crippen molar-refractivity contribution in [3.63, 3.8) is 0 Å². The average Bonchev–Trinajstić information content (AvgIpc) is 0.779. The molecule has 10 N–H and O–H groups in total. The molecule has 10 heterocycles. The standard InChI is InChI=1S/C22H22F3N5O2S.C20H18ClFN4O3S.2C17H15ClN4O2S/c1-15-5-2-3-6-16(15)21-17(22(23,24)25)9-10-18(27-21)29-33(31,32)20-8-4-7-19(28-20)30-13-11-26-12-14-30;1-12-5-6-13(22)9-15(12)20-16(21)7-8-17(23-20)25-30(28,29)19-4-2-3-18(24-19)26-10-14(27)11-26;1-11-5-2-3-6-12(11)17-13(18)9-10-15(21-17)22-25(23,24)16-8-4-7-14(19)20-16;1-11-4-2-3-5-13(11)17-14(18)6-7-16(21-17)22-25(23,24)12-8-9-20-15(19)10-12/h2-10,26H,11-14H2,1H3,(H,27,29);2-9,14,27H,10-11H2,1H3,(H,23,25);2*2-10H,1H3,(H2,19,20)(H,21,22)/i4*1D3. The van der Waals surface area contributed by atoms with Gasteiger partial charge in [0.25, 0.3) is 40.1 Å². The summed E-state index contributed by atoms with van der Waals surface area (Å²) in [6.45, 7) is -6.65. The maximum absolute atomic E-state index is 13.9. The first-order chi connectivity index (χ1) is 58.4. The Hall–Kier alpha value is -11.2. The van der Waals surface area contributed by atoms with Crippen LogP contribution in [-0.4, -0.2) is 124 Å². The topological polar surface area (TPSA) is 379 Å². The fourth-order valence-electron chi connectivity index (χ4n) is 10.7. The Morgan fingerprint density at radius 3 is 1.31 bits per heavy atom. The number of halogens is 7. The van der Waals surface area contributed by atoms with Crippen LogP contribution in [0.15, 0.2) is 232 Å². The van der Waals surface area contributed by atoms with Crippen molar-refractivity contribution in [2.75, 3.05) is 79.4 Å². The number of piperazine rings is 1. The monoisotopic (exact) mass is 1690 g/mol. The summed E-state index contributed by atoms with van der Waals surface area (Å²) in [4.78, 5) is 36.0. The van der Waals surface area contributed by atoms with Gasteiger partial charge in [-0.05, 0) is 153 Å². The van der Waals surface area contributed by atoms with Gasteiger partial charge in [0.15, 0.2) is 15.1 Å². The van der Waals surface area contributed by atoms with Crippen molar-refractivity contribution in [2.45, 2.75) is 59.7 Å². The number of anilines is 8. The molecular weight excluding hydrogens is 1610 g/mol. The fraction of sp³-hybridized carbons (Fsp3) is 0.158. The van der Waals surface area contributed by atoms with E-state index in [4.69, 9.17) is 62.7 Å². The lowest BCUT2D eigenvalue weighted by atomic mass is 10.0. The number of hydrogen-bond acceptors (Lipinski definition) is 22. The molecule has 0 bridgehead atoms. The first-order valence-electron chi connectivity index (χ1n) is 39.0. The van der Waals surface area contributed by atoms with Crippen LogP contribution in [0.4, 0.5) is 64.1 Å². The second-order valence-electron chi connectivity index (χ2n) is 24.2. The van der Waals surface area contributed by atoms with Gasteiger partial charge < -0.3 is 31.7 Å². The van der Waals surface area contributed by atoms with Gasteiger partial charge in [-0.15, -0.1) is 0 Å². The van der Waals surface area contributed by atoms with E-state index in [2.05, 4.69) is 64.1 Å². The van der Waals surface area contributed by atoms with Gasteiger partial charge in [-0.3, -0.25) is 18.9 Å². The molecule has 0 amide bonds. The number of aliphatic hydroxyl groups excluding tert-OH is 1. The first kappa shape index (κ1) is 67.5. The van der Waals surface area contributed by atoms with E-state index in [1.54, 1.807) is 53.4 Å². The molecule has 4 aromatic carbocycles. The summed E-state index contributed by atoms with van der Waals surface area (Å²) in [7, 11) is -16.5. The number of sulfonamides is 4. The summed E-state index contributed by atoms with van der Waals surface area (Å²) in [5.41, 5.74) is 9.24. The zero-order valence-corrected chi connectivity index (χ0v) is 63.7. The smallest absolute Gasteiger partial charge is 0.389 e. The van der Waals surface area contributed by atoms with E-state index in [0.717, 1.165) is 24.3 Å². The summed E-state index contributed by atoms with van der Waals surface area (Å²) in [6.07, 6.45) is -4.07. The number of aryl methyl sites for hydroxylation is 4. The third kappa shape index (κ3) is 20.9. The molecular formula is C76H70Cl3F4N17O9S4. The van der Waals surface area contributed by atoms with Crippen LogP contribution in [0.1, 0.15) is 44.3 Å². The van der Waals surface area contributed by atoms with E-state index >= 15 is 0 Å². The lowest BCUT2D eigenvalue weighted by Crippen LogP contribution is -2.51. The molecule has 2 aliphatic heterocycles. The summed E-state index contributed by atoms with van der Waals surface area (Å²) in [5.74, 6) is -0.354. The Kier molecular flexibility index (Phi) is 21.0. The minimum atomic E-state index is -4.86. The van der Waals surface area contributed by atoms with Crippen molar-refractivity contribution in [1.82, 2.24) is 45.2 Å². The third-order valence-corrected chi connectivity index (χ3v) is 22.2. The highest BCUT2D eigenvalue weighted by atomic mass is 35.5.